The second kappa shape index (κ2) is 5.96. The number of hydrogen-bond donors (Lipinski definition) is 1. The van der Waals surface area contributed by atoms with Gasteiger partial charge in [0.05, 0.1) is 14.2 Å². The molecule has 1 aromatic carbocycles. The molecule has 0 unspecified atom stereocenters. The molecule has 0 aromatic heterocycles. The Hall–Kier alpha value is -0.740. The molecule has 0 heterocycles. The summed E-state index contributed by atoms with van der Waals surface area (Å²) >= 11 is 3.59. The van der Waals surface area contributed by atoms with Gasteiger partial charge in [0.25, 0.3) is 0 Å². The quantitative estimate of drug-likeness (QED) is 0.815. The second-order valence-electron chi connectivity index (χ2n) is 7.85. The highest BCUT2D eigenvalue weighted by atomic mass is 79.9. The van der Waals surface area contributed by atoms with Crippen LogP contribution in [0.3, 0.4) is 0 Å². The van der Waals surface area contributed by atoms with Crippen molar-refractivity contribution in [3.05, 3.63) is 22.2 Å². The standard InChI is InChI=1S/C19H26BrNO2/c1-22-17-7-16(20)6-15(18(17)23-2)11-21-19-8-12-3-13(9-19)5-14(4-12)10-19/h6-7,12-14,21H,3-5,8-11H2,1-2H3. The van der Waals surface area contributed by atoms with E-state index in [0.29, 0.717) is 5.54 Å². The van der Waals surface area contributed by atoms with Gasteiger partial charge >= 0.3 is 0 Å². The monoisotopic (exact) mass is 379 g/mol. The summed E-state index contributed by atoms with van der Waals surface area (Å²) in [6.45, 7) is 0.852. The Balaban J connectivity index is 1.54. The summed E-state index contributed by atoms with van der Waals surface area (Å²) in [6.07, 6.45) is 8.55. The average Bonchev–Trinajstić information content (AvgIpc) is 2.51. The van der Waals surface area contributed by atoms with E-state index in [0.717, 1.165) is 40.3 Å². The zero-order valence-corrected chi connectivity index (χ0v) is 15.6. The fraction of sp³-hybridized carbons (Fsp3) is 0.684. The van der Waals surface area contributed by atoms with Gasteiger partial charge in [0, 0.05) is 22.1 Å². The first-order chi connectivity index (χ1) is 11.1. The predicted octanol–water partition coefficient (Wildman–Crippen LogP) is 4.52. The van der Waals surface area contributed by atoms with E-state index in [1.54, 1.807) is 14.2 Å². The van der Waals surface area contributed by atoms with Crippen LogP contribution in [0.4, 0.5) is 0 Å². The van der Waals surface area contributed by atoms with Gasteiger partial charge in [-0.1, -0.05) is 15.9 Å². The van der Waals surface area contributed by atoms with Gasteiger partial charge in [-0.25, -0.2) is 0 Å². The molecular weight excluding hydrogens is 354 g/mol. The van der Waals surface area contributed by atoms with Crippen molar-refractivity contribution in [2.24, 2.45) is 17.8 Å². The molecule has 5 rings (SSSR count). The minimum atomic E-state index is 0.370. The maximum Gasteiger partial charge on any atom is 0.165 e. The fourth-order valence-corrected chi connectivity index (χ4v) is 6.23. The molecule has 23 heavy (non-hydrogen) atoms. The first-order valence-corrected chi connectivity index (χ1v) is 9.55. The third kappa shape index (κ3) is 2.89. The molecule has 0 atom stereocenters. The largest absolute Gasteiger partial charge is 0.493 e. The molecule has 4 fully saturated rings. The topological polar surface area (TPSA) is 30.5 Å². The van der Waals surface area contributed by atoms with Gasteiger partial charge in [-0.15, -0.1) is 0 Å². The maximum absolute atomic E-state index is 5.61. The molecular formula is C19H26BrNO2. The Morgan fingerprint density at radius 2 is 1.65 bits per heavy atom. The molecule has 4 aliphatic rings. The van der Waals surface area contributed by atoms with Crippen molar-refractivity contribution in [3.63, 3.8) is 0 Å². The smallest absolute Gasteiger partial charge is 0.165 e. The van der Waals surface area contributed by atoms with Crippen LogP contribution in [0.5, 0.6) is 11.5 Å². The minimum Gasteiger partial charge on any atom is -0.493 e. The Bertz CT molecular complexity index is 566. The van der Waals surface area contributed by atoms with Gasteiger partial charge in [0.1, 0.15) is 0 Å². The zero-order chi connectivity index (χ0) is 16.0. The highest BCUT2D eigenvalue weighted by Gasteiger charge is 2.50. The third-order valence-corrected chi connectivity index (χ3v) is 6.67. The van der Waals surface area contributed by atoms with Crippen molar-refractivity contribution in [1.29, 1.82) is 0 Å². The van der Waals surface area contributed by atoms with E-state index in [1.165, 1.54) is 44.1 Å². The van der Waals surface area contributed by atoms with E-state index in [9.17, 15) is 0 Å². The van der Waals surface area contributed by atoms with Gasteiger partial charge < -0.3 is 14.8 Å². The van der Waals surface area contributed by atoms with E-state index in [-0.39, 0.29) is 0 Å². The summed E-state index contributed by atoms with van der Waals surface area (Å²) < 4.78 is 12.1. The van der Waals surface area contributed by atoms with E-state index in [1.807, 2.05) is 6.07 Å². The number of halogens is 1. The van der Waals surface area contributed by atoms with Crippen molar-refractivity contribution >= 4 is 15.9 Å². The van der Waals surface area contributed by atoms with Crippen LogP contribution < -0.4 is 14.8 Å². The fourth-order valence-electron chi connectivity index (χ4n) is 5.75. The molecule has 0 saturated heterocycles. The molecule has 4 heteroatoms. The predicted molar refractivity (Wildman–Crippen MR) is 95.0 cm³/mol. The number of rotatable bonds is 5. The Labute approximate surface area is 147 Å². The van der Waals surface area contributed by atoms with Crippen molar-refractivity contribution in [2.75, 3.05) is 14.2 Å². The minimum absolute atomic E-state index is 0.370. The van der Waals surface area contributed by atoms with Gasteiger partial charge in [-0.3, -0.25) is 0 Å². The second-order valence-corrected chi connectivity index (χ2v) is 8.77. The Morgan fingerprint density at radius 1 is 1.04 bits per heavy atom. The molecule has 0 amide bonds. The van der Waals surface area contributed by atoms with Crippen LogP contribution in [0.1, 0.15) is 44.1 Å². The lowest BCUT2D eigenvalue weighted by molar-refractivity contribution is -0.0206. The molecule has 126 valence electrons. The van der Waals surface area contributed by atoms with E-state index in [4.69, 9.17) is 9.47 Å². The van der Waals surface area contributed by atoms with Gasteiger partial charge in [0.15, 0.2) is 11.5 Å². The molecule has 1 N–H and O–H groups in total. The summed E-state index contributed by atoms with van der Waals surface area (Å²) in [4.78, 5) is 0. The lowest BCUT2D eigenvalue weighted by Crippen LogP contribution is -2.58. The molecule has 1 aromatic rings. The summed E-state index contributed by atoms with van der Waals surface area (Å²) in [5.74, 6) is 4.55. The van der Waals surface area contributed by atoms with Crippen molar-refractivity contribution in [1.82, 2.24) is 5.32 Å². The summed E-state index contributed by atoms with van der Waals surface area (Å²) in [7, 11) is 3.42. The molecule has 0 aliphatic heterocycles. The number of benzene rings is 1. The highest BCUT2D eigenvalue weighted by molar-refractivity contribution is 9.10. The van der Waals surface area contributed by atoms with Crippen molar-refractivity contribution in [2.45, 2.75) is 50.6 Å². The number of nitrogens with one attached hydrogen (secondary N) is 1. The van der Waals surface area contributed by atoms with Gasteiger partial charge in [-0.2, -0.15) is 0 Å². The van der Waals surface area contributed by atoms with Crippen molar-refractivity contribution in [3.8, 4) is 11.5 Å². The summed E-state index contributed by atoms with van der Waals surface area (Å²) in [5, 5.41) is 3.94. The van der Waals surface area contributed by atoms with Crippen molar-refractivity contribution < 1.29 is 9.47 Å². The normalized spacial score (nSPS) is 34.7. The SMILES string of the molecule is COc1cc(Br)cc(CNC23CC4CC(CC(C4)C2)C3)c1OC. The van der Waals surface area contributed by atoms with Gasteiger partial charge in [0.2, 0.25) is 0 Å². The van der Waals surface area contributed by atoms with Crippen LogP contribution in [0, 0.1) is 17.8 Å². The van der Waals surface area contributed by atoms with Gasteiger partial charge in [-0.05, 0) is 68.4 Å². The average molecular weight is 380 g/mol. The summed E-state index contributed by atoms with van der Waals surface area (Å²) in [5.41, 5.74) is 1.55. The van der Waals surface area contributed by atoms with Crippen LogP contribution >= 0.6 is 15.9 Å². The van der Waals surface area contributed by atoms with Crippen LogP contribution in [0.25, 0.3) is 0 Å². The lowest BCUT2D eigenvalue weighted by Gasteiger charge is -2.57. The molecule has 4 aliphatic carbocycles. The van der Waals surface area contributed by atoms with Crippen LogP contribution in [-0.4, -0.2) is 19.8 Å². The lowest BCUT2D eigenvalue weighted by atomic mass is 9.53. The third-order valence-electron chi connectivity index (χ3n) is 6.21. The zero-order valence-electron chi connectivity index (χ0n) is 14.0. The van der Waals surface area contributed by atoms with E-state index in [2.05, 4.69) is 27.3 Å². The Kier molecular flexibility index (Phi) is 4.09. The highest BCUT2D eigenvalue weighted by Crippen LogP contribution is 2.55. The molecule has 4 bridgehead atoms. The number of ether oxygens (including phenoxy) is 2. The maximum atomic E-state index is 5.61. The van der Waals surface area contributed by atoms with Crippen LogP contribution in [0.2, 0.25) is 0 Å². The first kappa shape index (κ1) is 15.8. The first-order valence-electron chi connectivity index (χ1n) is 8.76. The molecule has 0 radical (unpaired) electrons. The summed E-state index contributed by atoms with van der Waals surface area (Å²) in [6, 6.07) is 4.11. The molecule has 4 saturated carbocycles. The molecule has 0 spiro atoms. The molecule has 3 nitrogen and oxygen atoms in total. The van der Waals surface area contributed by atoms with Crippen LogP contribution in [0.15, 0.2) is 16.6 Å². The number of hydrogen-bond acceptors (Lipinski definition) is 3. The Morgan fingerprint density at radius 3 is 2.17 bits per heavy atom. The number of methoxy groups -OCH3 is 2. The van der Waals surface area contributed by atoms with E-state index < -0.39 is 0 Å². The van der Waals surface area contributed by atoms with E-state index >= 15 is 0 Å². The van der Waals surface area contributed by atoms with Crippen LogP contribution in [-0.2, 0) is 6.54 Å².